The van der Waals surface area contributed by atoms with E-state index >= 15 is 0 Å². The summed E-state index contributed by atoms with van der Waals surface area (Å²) in [5.74, 6) is -1.89. The molecule has 0 N–H and O–H groups in total. The van der Waals surface area contributed by atoms with Crippen LogP contribution in [0.1, 0.15) is 26.3 Å². The summed E-state index contributed by atoms with van der Waals surface area (Å²) in [7, 11) is 0.501. The minimum Gasteiger partial charge on any atom is -0.456 e. The summed E-state index contributed by atoms with van der Waals surface area (Å²) in [4.78, 5) is 40.6. The van der Waals surface area contributed by atoms with Crippen molar-refractivity contribution >= 4 is 48.0 Å². The molecule has 1 aliphatic heterocycles. The second-order valence-corrected chi connectivity index (χ2v) is 11.7. The maximum Gasteiger partial charge on any atom is 0.303 e. The number of nitrogens with zero attached hydrogens (tertiary/aromatic N) is 1. The molecule has 0 amide bonds. The molecular weight excluding hydrogens is 557 g/mol. The SMILES string of the molecule is CO[C@@H]1O[C@@H](CN=Cc2ccccc2P(c2ccccc2)c2ccccc2)[C@H](OC(C)=O)[C@@H](OC(C)=O)[C@@H]1OC(C)=O. The highest BCUT2D eigenvalue weighted by molar-refractivity contribution is 7.80. The monoisotopic (exact) mass is 591 g/mol. The van der Waals surface area contributed by atoms with Crippen molar-refractivity contribution in [3.8, 4) is 0 Å². The summed E-state index contributed by atoms with van der Waals surface area (Å²) in [6.45, 7) is 3.71. The summed E-state index contributed by atoms with van der Waals surface area (Å²) >= 11 is 0. The van der Waals surface area contributed by atoms with E-state index in [9.17, 15) is 14.4 Å². The second kappa shape index (κ2) is 14.8. The highest BCUT2D eigenvalue weighted by Crippen LogP contribution is 2.34. The fraction of sp³-hybridized carbons (Fsp3) is 0.312. The molecule has 1 saturated heterocycles. The van der Waals surface area contributed by atoms with Crippen molar-refractivity contribution in [2.45, 2.75) is 51.5 Å². The molecule has 3 aromatic carbocycles. The Kier molecular flexibility index (Phi) is 11.0. The summed E-state index contributed by atoms with van der Waals surface area (Å²) < 4.78 is 27.9. The van der Waals surface area contributed by atoms with E-state index < -0.39 is 56.5 Å². The topological polar surface area (TPSA) is 110 Å². The predicted molar refractivity (Wildman–Crippen MR) is 160 cm³/mol. The number of hydrogen-bond donors (Lipinski definition) is 0. The van der Waals surface area contributed by atoms with Gasteiger partial charge in [-0.3, -0.25) is 19.4 Å². The first-order chi connectivity index (χ1) is 20.3. The number of ether oxygens (including phenoxy) is 5. The van der Waals surface area contributed by atoms with Gasteiger partial charge in [-0.25, -0.2) is 0 Å². The van der Waals surface area contributed by atoms with E-state index in [0.717, 1.165) is 10.9 Å². The number of benzene rings is 3. The molecule has 0 radical (unpaired) electrons. The van der Waals surface area contributed by atoms with Crippen LogP contribution in [-0.2, 0) is 38.1 Å². The van der Waals surface area contributed by atoms with Crippen molar-refractivity contribution in [3.05, 3.63) is 90.5 Å². The van der Waals surface area contributed by atoms with Crippen LogP contribution in [-0.4, -0.2) is 68.5 Å². The first-order valence-electron chi connectivity index (χ1n) is 13.5. The number of methoxy groups -OCH3 is 1. The number of carbonyl (C=O) groups excluding carboxylic acids is 3. The second-order valence-electron chi connectivity index (χ2n) is 9.56. The van der Waals surface area contributed by atoms with E-state index in [1.54, 1.807) is 6.21 Å². The van der Waals surface area contributed by atoms with Crippen LogP contribution in [0.25, 0.3) is 0 Å². The predicted octanol–water partition coefficient (Wildman–Crippen LogP) is 3.03. The Morgan fingerprint density at radius 3 is 1.79 bits per heavy atom. The van der Waals surface area contributed by atoms with Crippen molar-refractivity contribution in [1.29, 1.82) is 0 Å². The van der Waals surface area contributed by atoms with Gasteiger partial charge in [0.25, 0.3) is 0 Å². The van der Waals surface area contributed by atoms with Gasteiger partial charge in [0.05, 0.1) is 6.54 Å². The fourth-order valence-electron chi connectivity index (χ4n) is 4.83. The van der Waals surface area contributed by atoms with Gasteiger partial charge in [-0.05, 0) is 23.8 Å². The summed E-state index contributed by atoms with van der Waals surface area (Å²) in [5.41, 5.74) is 0.925. The van der Waals surface area contributed by atoms with Gasteiger partial charge >= 0.3 is 17.9 Å². The molecule has 9 nitrogen and oxygen atoms in total. The molecule has 0 aliphatic carbocycles. The van der Waals surface area contributed by atoms with Crippen molar-refractivity contribution in [3.63, 3.8) is 0 Å². The van der Waals surface area contributed by atoms with E-state index in [2.05, 4.69) is 35.3 Å². The molecular formula is C32H34NO8P. The Labute approximate surface area is 246 Å². The van der Waals surface area contributed by atoms with Crippen molar-refractivity contribution in [2.24, 2.45) is 4.99 Å². The standard InChI is InChI=1S/C32H34NO8P/c1-21(34)38-29-27(41-32(37-4)31(40-23(3)36)30(29)39-22(2)35)20-33-19-24-13-11-12-18-28(24)42(25-14-7-5-8-15-25)26-16-9-6-10-17-26/h5-19,27,29-32H,20H2,1-4H3/t27-,29-,30+,31-,32+/m0/s1. The number of rotatable bonds is 10. The van der Waals surface area contributed by atoms with Gasteiger partial charge in [0.1, 0.15) is 6.10 Å². The average molecular weight is 592 g/mol. The van der Waals surface area contributed by atoms with E-state index in [1.807, 2.05) is 54.6 Å². The van der Waals surface area contributed by atoms with Crippen LogP contribution < -0.4 is 15.9 Å². The first-order valence-corrected chi connectivity index (χ1v) is 14.8. The van der Waals surface area contributed by atoms with Gasteiger partial charge in [-0.15, -0.1) is 0 Å². The molecule has 0 bridgehead atoms. The van der Waals surface area contributed by atoms with Crippen molar-refractivity contribution < 1.29 is 38.1 Å². The van der Waals surface area contributed by atoms with Crippen LogP contribution in [0.5, 0.6) is 0 Å². The molecule has 10 heteroatoms. The van der Waals surface area contributed by atoms with Gasteiger partial charge in [0.2, 0.25) is 0 Å². The van der Waals surface area contributed by atoms with Crippen LogP contribution in [0, 0.1) is 0 Å². The molecule has 1 aliphatic rings. The Bertz CT molecular complexity index is 1340. The third kappa shape index (κ3) is 7.88. The highest BCUT2D eigenvalue weighted by atomic mass is 31.1. The van der Waals surface area contributed by atoms with Crippen molar-refractivity contribution in [1.82, 2.24) is 0 Å². The molecule has 0 saturated carbocycles. The Balaban J connectivity index is 1.66. The molecule has 0 spiro atoms. The Hall–Kier alpha value is -3.91. The van der Waals surface area contributed by atoms with Gasteiger partial charge in [0.15, 0.2) is 24.6 Å². The third-order valence-corrected chi connectivity index (χ3v) is 8.97. The largest absolute Gasteiger partial charge is 0.456 e. The lowest BCUT2D eigenvalue weighted by atomic mass is 9.97. The number of aliphatic imine (C=N–C) groups is 1. The van der Waals surface area contributed by atoms with Gasteiger partial charge in [-0.2, -0.15) is 0 Å². The van der Waals surface area contributed by atoms with E-state index in [-0.39, 0.29) is 6.54 Å². The summed E-state index contributed by atoms with van der Waals surface area (Å²) in [6, 6.07) is 28.7. The zero-order chi connectivity index (χ0) is 30.1. The maximum atomic E-state index is 12.1. The molecule has 220 valence electrons. The highest BCUT2D eigenvalue weighted by Gasteiger charge is 2.52. The summed E-state index contributed by atoms with van der Waals surface area (Å²) in [5, 5.41) is 3.53. The summed E-state index contributed by atoms with van der Waals surface area (Å²) in [6.07, 6.45) is -3.58. The molecule has 0 aromatic heterocycles. The normalized spacial score (nSPS) is 22.1. The lowest BCUT2D eigenvalue weighted by Gasteiger charge is -2.43. The Morgan fingerprint density at radius 1 is 0.738 bits per heavy atom. The van der Waals surface area contributed by atoms with E-state index in [4.69, 9.17) is 23.7 Å². The molecule has 42 heavy (non-hydrogen) atoms. The number of esters is 3. The van der Waals surface area contributed by atoms with E-state index in [0.29, 0.717) is 0 Å². The zero-order valence-corrected chi connectivity index (χ0v) is 24.8. The molecule has 4 rings (SSSR count). The van der Waals surface area contributed by atoms with Crippen LogP contribution in [0.3, 0.4) is 0 Å². The van der Waals surface area contributed by atoms with Crippen LogP contribution >= 0.6 is 7.92 Å². The number of hydrogen-bond acceptors (Lipinski definition) is 9. The fourth-order valence-corrected chi connectivity index (χ4v) is 7.25. The Morgan fingerprint density at radius 2 is 1.24 bits per heavy atom. The zero-order valence-electron chi connectivity index (χ0n) is 23.9. The first kappa shape index (κ1) is 31.0. The number of carbonyl (C=O) groups is 3. The molecule has 3 aromatic rings. The third-order valence-electron chi connectivity index (χ3n) is 6.45. The maximum absolute atomic E-state index is 12.1. The lowest BCUT2D eigenvalue weighted by Crippen LogP contribution is -2.62. The lowest BCUT2D eigenvalue weighted by molar-refractivity contribution is -0.296. The average Bonchev–Trinajstić information content (AvgIpc) is 2.97. The van der Waals surface area contributed by atoms with Gasteiger partial charge in [-0.1, -0.05) is 84.9 Å². The van der Waals surface area contributed by atoms with E-state index in [1.165, 1.54) is 38.5 Å². The minimum atomic E-state index is -1.16. The van der Waals surface area contributed by atoms with Gasteiger partial charge in [0, 0.05) is 39.7 Å². The molecule has 0 unspecified atom stereocenters. The van der Waals surface area contributed by atoms with Gasteiger partial charge < -0.3 is 23.7 Å². The van der Waals surface area contributed by atoms with Crippen LogP contribution in [0.4, 0.5) is 0 Å². The molecule has 1 fully saturated rings. The van der Waals surface area contributed by atoms with Crippen molar-refractivity contribution in [2.75, 3.05) is 13.7 Å². The minimum absolute atomic E-state index is 0.0469. The molecule has 1 heterocycles. The van der Waals surface area contributed by atoms with Crippen LogP contribution in [0.15, 0.2) is 89.9 Å². The smallest absolute Gasteiger partial charge is 0.303 e. The quantitative estimate of drug-likeness (QED) is 0.153. The van der Waals surface area contributed by atoms with Crippen LogP contribution in [0.2, 0.25) is 0 Å². The molecule has 5 atom stereocenters.